The maximum atomic E-state index is 14.6. The molecule has 0 aliphatic rings. The number of sulfone groups is 1. The minimum absolute atomic E-state index is 0.0139. The molecule has 15 heteroatoms. The summed E-state index contributed by atoms with van der Waals surface area (Å²) >= 11 is 1.69. The third kappa shape index (κ3) is 6.95. The number of anilines is 1. The van der Waals surface area contributed by atoms with Crippen molar-refractivity contribution in [1.82, 2.24) is 5.32 Å². The summed E-state index contributed by atoms with van der Waals surface area (Å²) in [6, 6.07) is 5.39. The Labute approximate surface area is 227 Å². The SMILES string of the molecule is Cc1ccc(C(F)(C(F)(F)F)C(F)(F)F)cc1NC(=O)c1c(I)cccc1C(=O)NC(C)(C)CS(C)(=O)=O. The van der Waals surface area contributed by atoms with E-state index in [4.69, 9.17) is 0 Å². The molecule has 2 rings (SSSR count). The van der Waals surface area contributed by atoms with E-state index in [0.717, 1.165) is 12.3 Å². The first kappa shape index (κ1) is 31.8. The average molecular weight is 682 g/mol. The maximum Gasteiger partial charge on any atom is 0.435 e. The van der Waals surface area contributed by atoms with Crippen LogP contribution in [0.4, 0.5) is 36.4 Å². The van der Waals surface area contributed by atoms with Crippen LogP contribution in [0.15, 0.2) is 36.4 Å². The fourth-order valence-corrected chi connectivity index (χ4v) is 5.78. The topological polar surface area (TPSA) is 92.3 Å². The number of nitrogens with one attached hydrogen (secondary N) is 2. The van der Waals surface area contributed by atoms with Crippen LogP contribution in [0.1, 0.15) is 45.7 Å². The first-order valence-electron chi connectivity index (χ1n) is 10.5. The highest BCUT2D eigenvalue weighted by Crippen LogP contribution is 2.53. The van der Waals surface area contributed by atoms with Crippen LogP contribution in [0.25, 0.3) is 0 Å². The number of rotatable bonds is 7. The fourth-order valence-electron chi connectivity index (χ4n) is 3.65. The van der Waals surface area contributed by atoms with E-state index in [1.165, 1.54) is 39.0 Å². The van der Waals surface area contributed by atoms with Gasteiger partial charge < -0.3 is 10.6 Å². The van der Waals surface area contributed by atoms with E-state index < -0.39 is 62.2 Å². The predicted octanol–water partition coefficient (Wildman–Crippen LogP) is 5.69. The van der Waals surface area contributed by atoms with Crippen LogP contribution in [-0.4, -0.2) is 50.1 Å². The quantitative estimate of drug-likeness (QED) is 0.290. The Morgan fingerprint density at radius 2 is 1.47 bits per heavy atom. The van der Waals surface area contributed by atoms with Gasteiger partial charge in [-0.15, -0.1) is 0 Å². The molecule has 0 atom stereocenters. The predicted molar refractivity (Wildman–Crippen MR) is 134 cm³/mol. The molecule has 210 valence electrons. The zero-order chi connectivity index (χ0) is 29.5. The summed E-state index contributed by atoms with van der Waals surface area (Å²) in [5.41, 5.74) is -9.82. The number of carbonyl (C=O) groups excluding carboxylic acids is 2. The van der Waals surface area contributed by atoms with E-state index in [1.807, 2.05) is 0 Å². The highest BCUT2D eigenvalue weighted by molar-refractivity contribution is 14.1. The van der Waals surface area contributed by atoms with Crippen LogP contribution < -0.4 is 10.6 Å². The van der Waals surface area contributed by atoms with Crippen LogP contribution in [0, 0.1) is 10.5 Å². The van der Waals surface area contributed by atoms with Gasteiger partial charge in [0, 0.05) is 26.6 Å². The van der Waals surface area contributed by atoms with Crippen LogP contribution in [0.3, 0.4) is 0 Å². The first-order valence-corrected chi connectivity index (χ1v) is 13.7. The standard InChI is InChI=1S/C23H22F7IN2O4S/c1-12-8-9-13(21(24,22(25,26)27)23(28,29)30)10-16(12)32-19(35)17-14(6-5-7-15(17)31)18(34)33-20(2,3)11-38(4,36)37/h5-10H,11H2,1-4H3,(H,32,35)(H,33,34). The molecule has 2 N–H and O–H groups in total. The Morgan fingerprint density at radius 1 is 0.921 bits per heavy atom. The lowest BCUT2D eigenvalue weighted by Gasteiger charge is -2.30. The maximum absolute atomic E-state index is 14.6. The van der Waals surface area contributed by atoms with Crippen molar-refractivity contribution in [3.63, 3.8) is 0 Å². The van der Waals surface area contributed by atoms with Crippen molar-refractivity contribution in [1.29, 1.82) is 0 Å². The zero-order valence-electron chi connectivity index (χ0n) is 20.2. The van der Waals surface area contributed by atoms with Crippen molar-refractivity contribution in [2.24, 2.45) is 0 Å². The zero-order valence-corrected chi connectivity index (χ0v) is 23.2. The molecule has 0 heterocycles. The van der Waals surface area contributed by atoms with Crippen molar-refractivity contribution < 1.29 is 48.7 Å². The van der Waals surface area contributed by atoms with E-state index in [9.17, 15) is 48.7 Å². The van der Waals surface area contributed by atoms with E-state index in [0.29, 0.717) is 6.07 Å². The molecule has 2 amide bonds. The van der Waals surface area contributed by atoms with Crippen molar-refractivity contribution in [3.05, 3.63) is 62.2 Å². The largest absolute Gasteiger partial charge is 0.435 e. The summed E-state index contributed by atoms with van der Waals surface area (Å²) in [7, 11) is -3.51. The monoisotopic (exact) mass is 682 g/mol. The molecule has 0 aliphatic carbocycles. The second kappa shape index (κ2) is 10.6. The smallest absolute Gasteiger partial charge is 0.346 e. The van der Waals surface area contributed by atoms with Gasteiger partial charge in [-0.25, -0.2) is 12.8 Å². The number of hydrogen-bond donors (Lipinski definition) is 2. The van der Waals surface area contributed by atoms with Crippen molar-refractivity contribution >= 4 is 49.9 Å². The Kier molecular flexibility index (Phi) is 8.88. The average Bonchev–Trinajstić information content (AvgIpc) is 2.70. The number of amides is 2. The lowest BCUT2D eigenvalue weighted by molar-refractivity contribution is -0.348. The Bertz CT molecular complexity index is 1340. The molecule has 0 spiro atoms. The van der Waals surface area contributed by atoms with Crippen molar-refractivity contribution in [2.75, 3.05) is 17.3 Å². The third-order valence-corrected chi connectivity index (χ3v) is 7.37. The molecule has 6 nitrogen and oxygen atoms in total. The third-order valence-electron chi connectivity index (χ3n) is 5.23. The number of halogens is 8. The Hall–Kier alpha value is -2.43. The highest BCUT2D eigenvalue weighted by atomic mass is 127. The molecule has 2 aromatic rings. The van der Waals surface area contributed by atoms with Gasteiger partial charge >= 0.3 is 18.0 Å². The van der Waals surface area contributed by atoms with E-state index in [2.05, 4.69) is 10.6 Å². The van der Waals surface area contributed by atoms with Gasteiger partial charge in [0.25, 0.3) is 11.8 Å². The summed E-state index contributed by atoms with van der Waals surface area (Å²) in [5.74, 6) is -2.37. The number of alkyl halides is 7. The van der Waals surface area contributed by atoms with Gasteiger partial charge in [-0.1, -0.05) is 18.2 Å². The molecule has 0 unspecified atom stereocenters. The molecule has 2 aromatic carbocycles. The van der Waals surface area contributed by atoms with E-state index in [-0.39, 0.29) is 26.3 Å². The molecule has 0 saturated heterocycles. The Morgan fingerprint density at radius 3 is 1.97 bits per heavy atom. The lowest BCUT2D eigenvalue weighted by atomic mass is 9.92. The molecule has 38 heavy (non-hydrogen) atoms. The Balaban J connectivity index is 2.52. The normalized spacial score (nSPS) is 13.3. The molecule has 0 aromatic heterocycles. The van der Waals surface area contributed by atoms with Crippen LogP contribution in [-0.2, 0) is 15.5 Å². The molecular formula is C23H22F7IN2O4S. The van der Waals surface area contributed by atoms with Gasteiger partial charge in [-0.2, -0.15) is 26.3 Å². The molecule has 0 bridgehead atoms. The highest BCUT2D eigenvalue weighted by Gasteiger charge is 2.73. The van der Waals surface area contributed by atoms with Crippen molar-refractivity contribution in [3.8, 4) is 0 Å². The van der Waals surface area contributed by atoms with Crippen LogP contribution >= 0.6 is 22.6 Å². The van der Waals surface area contributed by atoms with Gasteiger partial charge in [-0.3, -0.25) is 9.59 Å². The van der Waals surface area contributed by atoms with Gasteiger partial charge in [0.05, 0.1) is 16.9 Å². The van der Waals surface area contributed by atoms with Gasteiger partial charge in [-0.05, 0) is 67.1 Å². The minimum Gasteiger partial charge on any atom is -0.346 e. The van der Waals surface area contributed by atoms with Crippen molar-refractivity contribution in [2.45, 2.75) is 44.3 Å². The fraction of sp³-hybridized carbons (Fsp3) is 0.391. The molecule has 0 aliphatic heterocycles. The van der Waals surface area contributed by atoms with E-state index in [1.54, 1.807) is 22.6 Å². The summed E-state index contributed by atoms with van der Waals surface area (Å²) in [6.45, 7) is 4.12. The molecular weight excluding hydrogens is 660 g/mol. The molecule has 0 fully saturated rings. The summed E-state index contributed by atoms with van der Waals surface area (Å²) in [4.78, 5) is 26.1. The second-order valence-electron chi connectivity index (χ2n) is 9.21. The number of carbonyl (C=O) groups is 2. The first-order chi connectivity index (χ1) is 17.0. The minimum atomic E-state index is -6.35. The summed E-state index contributed by atoms with van der Waals surface area (Å²) < 4.78 is 117. The van der Waals surface area contributed by atoms with Gasteiger partial charge in [0.15, 0.2) is 0 Å². The van der Waals surface area contributed by atoms with E-state index >= 15 is 0 Å². The summed E-state index contributed by atoms with van der Waals surface area (Å²) in [5, 5.41) is 4.65. The van der Waals surface area contributed by atoms with Gasteiger partial charge in [0.1, 0.15) is 9.84 Å². The summed E-state index contributed by atoms with van der Waals surface area (Å²) in [6.07, 6.45) is -11.7. The van der Waals surface area contributed by atoms with Gasteiger partial charge in [0.2, 0.25) is 0 Å². The number of benzene rings is 2. The number of hydrogen-bond acceptors (Lipinski definition) is 4. The van der Waals surface area contributed by atoms with Crippen LogP contribution in [0.2, 0.25) is 0 Å². The molecule has 0 radical (unpaired) electrons. The van der Waals surface area contributed by atoms with Crippen LogP contribution in [0.5, 0.6) is 0 Å². The molecule has 0 saturated carbocycles. The second-order valence-corrected chi connectivity index (χ2v) is 12.5. The lowest BCUT2D eigenvalue weighted by Crippen LogP contribution is -2.50. The number of aryl methyl sites for hydroxylation is 1.